The average molecular weight is 362 g/mol. The molecule has 138 valence electrons. The van der Waals surface area contributed by atoms with Crippen LogP contribution in [0.3, 0.4) is 0 Å². The number of ether oxygens (including phenoxy) is 1. The van der Waals surface area contributed by atoms with Crippen molar-refractivity contribution >= 4 is 23.2 Å². The van der Waals surface area contributed by atoms with Crippen molar-refractivity contribution in [2.24, 2.45) is 0 Å². The fraction of sp³-hybridized carbons (Fsp3) is 0.190. The summed E-state index contributed by atoms with van der Waals surface area (Å²) in [5.41, 5.74) is 4.59. The Kier molecular flexibility index (Phi) is 5.35. The minimum absolute atomic E-state index is 0.272. The van der Waals surface area contributed by atoms with Gasteiger partial charge < -0.3 is 15.4 Å². The molecule has 1 heterocycles. The van der Waals surface area contributed by atoms with E-state index >= 15 is 0 Å². The van der Waals surface area contributed by atoms with Crippen LogP contribution in [-0.4, -0.2) is 23.0 Å². The number of benzene rings is 2. The summed E-state index contributed by atoms with van der Waals surface area (Å²) in [5.74, 6) is 0.808. The number of amides is 1. The highest BCUT2D eigenvalue weighted by molar-refractivity contribution is 6.04. The van der Waals surface area contributed by atoms with Crippen molar-refractivity contribution in [2.75, 3.05) is 17.7 Å². The number of aryl methyl sites for hydroxylation is 3. The first-order chi connectivity index (χ1) is 13.0. The number of hydrogen-bond acceptors (Lipinski definition) is 5. The number of carbonyl (C=O) groups is 1. The molecule has 0 saturated carbocycles. The van der Waals surface area contributed by atoms with Crippen LogP contribution in [0.1, 0.15) is 27.3 Å². The van der Waals surface area contributed by atoms with E-state index in [1.807, 2.05) is 63.2 Å². The van der Waals surface area contributed by atoms with E-state index in [1.54, 1.807) is 13.2 Å². The molecule has 6 heteroatoms. The third-order valence-electron chi connectivity index (χ3n) is 4.13. The zero-order chi connectivity index (χ0) is 19.4. The minimum Gasteiger partial charge on any atom is -0.497 e. The smallest absolute Gasteiger partial charge is 0.274 e. The number of rotatable bonds is 5. The van der Waals surface area contributed by atoms with E-state index in [0.29, 0.717) is 17.3 Å². The van der Waals surface area contributed by atoms with Gasteiger partial charge in [0.15, 0.2) is 0 Å². The molecule has 0 bridgehead atoms. The van der Waals surface area contributed by atoms with Gasteiger partial charge in [-0.15, -0.1) is 0 Å². The number of hydrogen-bond donors (Lipinski definition) is 2. The summed E-state index contributed by atoms with van der Waals surface area (Å²) in [6.45, 7) is 5.75. The van der Waals surface area contributed by atoms with Gasteiger partial charge in [0.25, 0.3) is 5.91 Å². The van der Waals surface area contributed by atoms with Gasteiger partial charge in [-0.3, -0.25) is 4.79 Å². The summed E-state index contributed by atoms with van der Waals surface area (Å²) >= 11 is 0. The Morgan fingerprint density at radius 3 is 2.37 bits per heavy atom. The molecule has 2 N–H and O–H groups in total. The van der Waals surface area contributed by atoms with Gasteiger partial charge in [0, 0.05) is 23.1 Å². The van der Waals surface area contributed by atoms with Crippen LogP contribution >= 0.6 is 0 Å². The van der Waals surface area contributed by atoms with Crippen LogP contribution in [0.15, 0.2) is 48.5 Å². The minimum atomic E-state index is -0.272. The monoisotopic (exact) mass is 362 g/mol. The Morgan fingerprint density at radius 2 is 1.67 bits per heavy atom. The summed E-state index contributed by atoms with van der Waals surface area (Å²) in [4.78, 5) is 21.5. The number of anilines is 3. The summed E-state index contributed by atoms with van der Waals surface area (Å²) in [6.07, 6.45) is 0. The van der Waals surface area contributed by atoms with Crippen LogP contribution in [0, 0.1) is 20.8 Å². The molecule has 0 fully saturated rings. The largest absolute Gasteiger partial charge is 0.497 e. The highest BCUT2D eigenvalue weighted by atomic mass is 16.5. The topological polar surface area (TPSA) is 76.1 Å². The van der Waals surface area contributed by atoms with Gasteiger partial charge in [0.05, 0.1) is 7.11 Å². The Balaban J connectivity index is 1.85. The maximum atomic E-state index is 12.7. The van der Waals surface area contributed by atoms with Gasteiger partial charge in [-0.2, -0.15) is 0 Å². The van der Waals surface area contributed by atoms with E-state index in [0.717, 1.165) is 28.3 Å². The third-order valence-corrected chi connectivity index (χ3v) is 4.13. The lowest BCUT2D eigenvalue weighted by Gasteiger charge is -2.12. The van der Waals surface area contributed by atoms with Gasteiger partial charge in [-0.25, -0.2) is 9.97 Å². The lowest BCUT2D eigenvalue weighted by molar-refractivity contribution is 0.102. The molecule has 0 aliphatic carbocycles. The molecule has 0 saturated heterocycles. The van der Waals surface area contributed by atoms with Crippen LogP contribution in [-0.2, 0) is 0 Å². The first-order valence-electron chi connectivity index (χ1n) is 8.60. The Morgan fingerprint density at radius 1 is 0.963 bits per heavy atom. The van der Waals surface area contributed by atoms with Crippen molar-refractivity contribution in [2.45, 2.75) is 20.8 Å². The van der Waals surface area contributed by atoms with E-state index in [-0.39, 0.29) is 5.91 Å². The lowest BCUT2D eigenvalue weighted by Crippen LogP contribution is -2.17. The van der Waals surface area contributed by atoms with E-state index in [4.69, 9.17) is 4.74 Å². The normalized spacial score (nSPS) is 10.4. The van der Waals surface area contributed by atoms with Crippen molar-refractivity contribution in [3.05, 3.63) is 71.0 Å². The van der Waals surface area contributed by atoms with Gasteiger partial charge >= 0.3 is 0 Å². The molecular weight excluding hydrogens is 340 g/mol. The predicted octanol–water partition coefficient (Wildman–Crippen LogP) is 4.41. The molecule has 1 amide bonds. The first kappa shape index (κ1) is 18.4. The average Bonchev–Trinajstić information content (AvgIpc) is 2.64. The Labute approximate surface area is 158 Å². The fourth-order valence-corrected chi connectivity index (χ4v) is 2.76. The molecule has 0 radical (unpaired) electrons. The van der Waals surface area contributed by atoms with E-state index < -0.39 is 0 Å². The molecule has 0 spiro atoms. The van der Waals surface area contributed by atoms with Crippen LogP contribution in [0.25, 0.3) is 0 Å². The summed E-state index contributed by atoms with van der Waals surface area (Å²) in [5, 5.41) is 6.07. The van der Waals surface area contributed by atoms with Crippen LogP contribution in [0.2, 0.25) is 0 Å². The number of para-hydroxylation sites is 1. The highest BCUT2D eigenvalue weighted by Gasteiger charge is 2.13. The van der Waals surface area contributed by atoms with Crippen molar-refractivity contribution in [3.8, 4) is 5.75 Å². The standard InChI is InChI=1S/C21H22N4O2/c1-13-7-5-8-14(2)19(13)25-20(26)18-11-15(3)22-21(24-18)23-16-9-6-10-17(12-16)27-4/h5-12H,1-4H3,(H,25,26)(H,22,23,24). The fourth-order valence-electron chi connectivity index (χ4n) is 2.76. The van der Waals surface area contributed by atoms with Crippen LogP contribution < -0.4 is 15.4 Å². The number of nitrogens with zero attached hydrogens (tertiary/aromatic N) is 2. The molecule has 27 heavy (non-hydrogen) atoms. The Hall–Kier alpha value is -3.41. The maximum Gasteiger partial charge on any atom is 0.274 e. The molecule has 0 atom stereocenters. The van der Waals surface area contributed by atoms with Crippen molar-refractivity contribution in [3.63, 3.8) is 0 Å². The lowest BCUT2D eigenvalue weighted by atomic mass is 10.1. The predicted molar refractivity (Wildman–Crippen MR) is 107 cm³/mol. The number of aromatic nitrogens is 2. The zero-order valence-corrected chi connectivity index (χ0v) is 15.8. The van der Waals surface area contributed by atoms with Gasteiger partial charge in [-0.05, 0) is 50.1 Å². The number of nitrogens with one attached hydrogen (secondary N) is 2. The Bertz CT molecular complexity index is 965. The van der Waals surface area contributed by atoms with E-state index in [2.05, 4.69) is 20.6 Å². The zero-order valence-electron chi connectivity index (χ0n) is 15.8. The molecule has 6 nitrogen and oxygen atoms in total. The van der Waals surface area contributed by atoms with Gasteiger partial charge in [0.2, 0.25) is 5.95 Å². The maximum absolute atomic E-state index is 12.7. The summed E-state index contributed by atoms with van der Waals surface area (Å²) < 4.78 is 5.22. The molecule has 3 aromatic rings. The summed E-state index contributed by atoms with van der Waals surface area (Å²) in [7, 11) is 1.61. The number of carbonyl (C=O) groups excluding carboxylic acids is 1. The highest BCUT2D eigenvalue weighted by Crippen LogP contribution is 2.22. The SMILES string of the molecule is COc1cccc(Nc2nc(C)cc(C(=O)Nc3c(C)cccc3C)n2)c1. The second kappa shape index (κ2) is 7.86. The van der Waals surface area contributed by atoms with E-state index in [1.165, 1.54) is 0 Å². The van der Waals surface area contributed by atoms with Crippen molar-refractivity contribution in [1.29, 1.82) is 0 Å². The summed E-state index contributed by atoms with van der Waals surface area (Å²) in [6, 6.07) is 15.0. The molecule has 0 aliphatic heterocycles. The van der Waals surface area contributed by atoms with Crippen molar-refractivity contribution in [1.82, 2.24) is 9.97 Å². The van der Waals surface area contributed by atoms with Gasteiger partial charge in [0.1, 0.15) is 11.4 Å². The molecule has 1 aromatic heterocycles. The van der Waals surface area contributed by atoms with E-state index in [9.17, 15) is 4.79 Å². The second-order valence-electron chi connectivity index (χ2n) is 6.30. The molecular formula is C21H22N4O2. The van der Waals surface area contributed by atoms with Gasteiger partial charge in [-0.1, -0.05) is 24.3 Å². The van der Waals surface area contributed by atoms with Crippen LogP contribution in [0.5, 0.6) is 5.75 Å². The molecule has 0 aliphatic rings. The number of methoxy groups -OCH3 is 1. The third kappa shape index (κ3) is 4.41. The second-order valence-corrected chi connectivity index (χ2v) is 6.30. The first-order valence-corrected chi connectivity index (χ1v) is 8.60. The molecule has 3 rings (SSSR count). The van der Waals surface area contributed by atoms with Crippen molar-refractivity contribution < 1.29 is 9.53 Å². The quantitative estimate of drug-likeness (QED) is 0.703. The molecule has 2 aromatic carbocycles. The molecule has 0 unspecified atom stereocenters. The van der Waals surface area contributed by atoms with Crippen LogP contribution in [0.4, 0.5) is 17.3 Å².